The van der Waals surface area contributed by atoms with Crippen LogP contribution in [0.1, 0.15) is 26.2 Å². The monoisotopic (exact) mass is 447 g/mol. The minimum Gasteiger partial charge on any atom is -0.489 e. The third kappa shape index (κ3) is 9.40. The Morgan fingerprint density at radius 3 is 3.00 bits per heavy atom. The number of aliphatic imine (C=N–C) groups is 1. The van der Waals surface area contributed by atoms with Crippen LogP contribution in [-0.2, 0) is 9.47 Å². The van der Waals surface area contributed by atoms with E-state index >= 15 is 0 Å². The van der Waals surface area contributed by atoms with E-state index in [1.165, 1.54) is 0 Å². The first-order valence-corrected chi connectivity index (χ1v) is 10.8. The van der Waals surface area contributed by atoms with Gasteiger partial charge in [0.05, 0.1) is 24.3 Å². The fourth-order valence-electron chi connectivity index (χ4n) is 2.74. The van der Waals surface area contributed by atoms with Gasteiger partial charge >= 0.3 is 0 Å². The summed E-state index contributed by atoms with van der Waals surface area (Å²) in [5, 5.41) is 17.3. The van der Waals surface area contributed by atoms with Gasteiger partial charge in [0.2, 0.25) is 0 Å². The third-order valence-electron chi connectivity index (χ3n) is 4.24. The maximum absolute atomic E-state index is 10.1. The first-order chi connectivity index (χ1) is 14.1. The molecule has 0 radical (unpaired) electrons. The summed E-state index contributed by atoms with van der Waals surface area (Å²) >= 11 is 12.0. The standard InChI is InChI=1S/C20H31Cl2N3O4/c1-2-23-20(24-9-5-10-27-14-16-6-4-11-28-16)25-12-15(26)13-29-18-8-3-7-17(21)19(18)22/h3,7-8,15-16,26H,2,4-6,9-14H2,1H3,(H2,23,24,25). The van der Waals surface area contributed by atoms with Crippen molar-refractivity contribution in [1.29, 1.82) is 0 Å². The number of benzene rings is 1. The van der Waals surface area contributed by atoms with Gasteiger partial charge in [-0.2, -0.15) is 0 Å². The highest BCUT2D eigenvalue weighted by atomic mass is 35.5. The van der Waals surface area contributed by atoms with Gasteiger partial charge in [-0.25, -0.2) is 0 Å². The number of nitrogens with one attached hydrogen (secondary N) is 2. The molecule has 3 N–H and O–H groups in total. The van der Waals surface area contributed by atoms with Gasteiger partial charge < -0.3 is 30.0 Å². The molecule has 1 fully saturated rings. The van der Waals surface area contributed by atoms with E-state index in [4.69, 9.17) is 37.4 Å². The van der Waals surface area contributed by atoms with Crippen molar-refractivity contribution >= 4 is 29.2 Å². The predicted molar refractivity (Wildman–Crippen MR) is 116 cm³/mol. The molecule has 1 aliphatic rings. The van der Waals surface area contributed by atoms with Crippen molar-refractivity contribution in [3.8, 4) is 5.75 Å². The lowest BCUT2D eigenvalue weighted by molar-refractivity contribution is 0.0168. The van der Waals surface area contributed by atoms with Gasteiger partial charge in [-0.15, -0.1) is 0 Å². The van der Waals surface area contributed by atoms with Crippen LogP contribution >= 0.6 is 23.2 Å². The summed E-state index contributed by atoms with van der Waals surface area (Å²) in [6, 6.07) is 5.13. The van der Waals surface area contributed by atoms with E-state index < -0.39 is 6.10 Å². The zero-order valence-corrected chi connectivity index (χ0v) is 18.3. The normalized spacial score (nSPS) is 17.9. The van der Waals surface area contributed by atoms with E-state index in [0.717, 1.165) is 39.0 Å². The van der Waals surface area contributed by atoms with Crippen molar-refractivity contribution in [2.45, 2.75) is 38.4 Å². The van der Waals surface area contributed by atoms with Crippen LogP contribution in [0.5, 0.6) is 5.75 Å². The Hall–Kier alpha value is -1.25. The number of halogens is 2. The van der Waals surface area contributed by atoms with E-state index in [-0.39, 0.29) is 19.3 Å². The molecule has 1 saturated heterocycles. The molecule has 0 spiro atoms. The van der Waals surface area contributed by atoms with Crippen LogP contribution in [0.15, 0.2) is 23.2 Å². The lowest BCUT2D eigenvalue weighted by Gasteiger charge is -2.15. The lowest BCUT2D eigenvalue weighted by Crippen LogP contribution is -2.39. The lowest BCUT2D eigenvalue weighted by atomic mass is 10.2. The molecule has 1 aromatic rings. The van der Waals surface area contributed by atoms with Crippen LogP contribution in [0.3, 0.4) is 0 Å². The summed E-state index contributed by atoms with van der Waals surface area (Å²) < 4.78 is 16.7. The number of nitrogens with zero attached hydrogens (tertiary/aromatic N) is 1. The highest BCUT2D eigenvalue weighted by Crippen LogP contribution is 2.31. The molecule has 2 unspecified atom stereocenters. The van der Waals surface area contributed by atoms with Crippen LogP contribution in [0.25, 0.3) is 0 Å². The van der Waals surface area contributed by atoms with Crippen molar-refractivity contribution in [3.05, 3.63) is 28.2 Å². The van der Waals surface area contributed by atoms with E-state index in [1.54, 1.807) is 18.2 Å². The van der Waals surface area contributed by atoms with Gasteiger partial charge in [0.1, 0.15) is 23.5 Å². The first kappa shape index (κ1) is 24.0. The molecule has 164 valence electrons. The number of hydrogen-bond acceptors (Lipinski definition) is 5. The SMILES string of the molecule is CCNC(=NCC(O)COc1cccc(Cl)c1Cl)NCCCOCC1CCCO1. The number of aliphatic hydroxyl groups excluding tert-OH is 1. The van der Waals surface area contributed by atoms with Crippen LogP contribution in [0, 0.1) is 0 Å². The van der Waals surface area contributed by atoms with E-state index in [1.807, 2.05) is 6.92 Å². The largest absolute Gasteiger partial charge is 0.489 e. The average molecular weight is 448 g/mol. The van der Waals surface area contributed by atoms with E-state index in [0.29, 0.717) is 35.0 Å². The van der Waals surface area contributed by atoms with Crippen molar-refractivity contribution in [1.82, 2.24) is 10.6 Å². The molecule has 29 heavy (non-hydrogen) atoms. The van der Waals surface area contributed by atoms with Crippen LogP contribution in [-0.4, -0.2) is 69.3 Å². The van der Waals surface area contributed by atoms with Crippen LogP contribution < -0.4 is 15.4 Å². The number of guanidine groups is 1. The second kappa shape index (κ2) is 13.9. The van der Waals surface area contributed by atoms with Gasteiger partial charge in [-0.3, -0.25) is 4.99 Å². The summed E-state index contributed by atoms with van der Waals surface area (Å²) in [6.07, 6.45) is 2.56. The molecular weight excluding hydrogens is 417 g/mol. The Bertz CT molecular complexity index is 628. The fourth-order valence-corrected chi connectivity index (χ4v) is 3.09. The van der Waals surface area contributed by atoms with Crippen molar-refractivity contribution in [2.75, 3.05) is 46.1 Å². The average Bonchev–Trinajstić information content (AvgIpc) is 3.23. The Labute approximate surface area is 182 Å². The topological polar surface area (TPSA) is 84.3 Å². The second-order valence-electron chi connectivity index (χ2n) is 6.73. The quantitative estimate of drug-likeness (QED) is 0.259. The smallest absolute Gasteiger partial charge is 0.191 e. The van der Waals surface area contributed by atoms with Gasteiger partial charge in [0, 0.05) is 26.3 Å². The van der Waals surface area contributed by atoms with Gasteiger partial charge in [0.15, 0.2) is 5.96 Å². The molecule has 2 atom stereocenters. The molecule has 1 heterocycles. The summed E-state index contributed by atoms with van der Waals surface area (Å²) in [6.45, 7) is 5.89. The predicted octanol–water partition coefficient (Wildman–Crippen LogP) is 2.87. The number of ether oxygens (including phenoxy) is 3. The molecule has 2 rings (SSSR count). The Morgan fingerprint density at radius 2 is 2.24 bits per heavy atom. The molecule has 0 aromatic heterocycles. The minimum atomic E-state index is -0.768. The van der Waals surface area contributed by atoms with Gasteiger partial charge in [-0.05, 0) is 38.3 Å². The number of hydrogen-bond donors (Lipinski definition) is 3. The van der Waals surface area contributed by atoms with Crippen molar-refractivity contribution in [2.24, 2.45) is 4.99 Å². The molecule has 7 nitrogen and oxygen atoms in total. The number of rotatable bonds is 12. The molecule has 0 amide bonds. The zero-order chi connectivity index (χ0) is 20.9. The molecule has 1 aliphatic heterocycles. The van der Waals surface area contributed by atoms with Crippen LogP contribution in [0.4, 0.5) is 0 Å². The van der Waals surface area contributed by atoms with Crippen LogP contribution in [0.2, 0.25) is 10.0 Å². The molecular formula is C20H31Cl2N3O4. The molecule has 0 bridgehead atoms. The third-order valence-corrected chi connectivity index (χ3v) is 5.04. The van der Waals surface area contributed by atoms with Gasteiger partial charge in [0.25, 0.3) is 0 Å². The van der Waals surface area contributed by atoms with Crippen molar-refractivity contribution in [3.63, 3.8) is 0 Å². The Balaban J connectivity index is 1.63. The molecule has 0 aliphatic carbocycles. The van der Waals surface area contributed by atoms with E-state index in [9.17, 15) is 5.11 Å². The summed E-state index contributed by atoms with van der Waals surface area (Å²) in [5.74, 6) is 1.08. The van der Waals surface area contributed by atoms with Gasteiger partial charge in [-0.1, -0.05) is 29.3 Å². The van der Waals surface area contributed by atoms with E-state index in [2.05, 4.69) is 15.6 Å². The zero-order valence-electron chi connectivity index (χ0n) is 16.8. The Morgan fingerprint density at radius 1 is 1.38 bits per heavy atom. The summed E-state index contributed by atoms with van der Waals surface area (Å²) in [5.41, 5.74) is 0. The highest BCUT2D eigenvalue weighted by molar-refractivity contribution is 6.42. The maximum atomic E-state index is 10.1. The minimum absolute atomic E-state index is 0.0695. The maximum Gasteiger partial charge on any atom is 0.191 e. The second-order valence-corrected chi connectivity index (χ2v) is 7.51. The molecule has 0 saturated carbocycles. The molecule has 9 heteroatoms. The Kier molecular flexibility index (Phi) is 11.5. The molecule has 1 aromatic carbocycles. The fraction of sp³-hybridized carbons (Fsp3) is 0.650. The highest BCUT2D eigenvalue weighted by Gasteiger charge is 2.15. The number of aliphatic hydroxyl groups is 1. The summed E-state index contributed by atoms with van der Waals surface area (Å²) in [7, 11) is 0. The first-order valence-electron chi connectivity index (χ1n) is 10.1. The summed E-state index contributed by atoms with van der Waals surface area (Å²) in [4.78, 5) is 4.39. The van der Waals surface area contributed by atoms with Crippen molar-refractivity contribution < 1.29 is 19.3 Å².